The first-order valence-corrected chi connectivity index (χ1v) is 6.46. The van der Waals surface area contributed by atoms with Crippen molar-refractivity contribution in [1.82, 2.24) is 0 Å². The average molecular weight is 244 g/mol. The average Bonchev–Trinajstić information content (AvgIpc) is 2.62. The Kier molecular flexibility index (Phi) is 2.30. The summed E-state index contributed by atoms with van der Waals surface area (Å²) in [5, 5.41) is 0. The van der Waals surface area contributed by atoms with Gasteiger partial charge in [-0.05, 0) is 41.6 Å². The van der Waals surface area contributed by atoms with Gasteiger partial charge in [0.05, 0.1) is 0 Å². The Hall–Kier alpha value is -1.61. The van der Waals surface area contributed by atoms with Crippen molar-refractivity contribution in [2.24, 2.45) is 0 Å². The second-order valence-electron chi connectivity index (χ2n) is 3.93. The first kappa shape index (κ1) is 10.5. The van der Waals surface area contributed by atoms with E-state index in [4.69, 9.17) is 0 Å². The van der Waals surface area contributed by atoms with Crippen molar-refractivity contribution in [3.8, 4) is 11.1 Å². The van der Waals surface area contributed by atoms with E-state index in [1.165, 1.54) is 12.1 Å². The highest BCUT2D eigenvalue weighted by atomic mass is 32.2. The van der Waals surface area contributed by atoms with Gasteiger partial charge in [0.15, 0.2) is 5.78 Å². The van der Waals surface area contributed by atoms with Crippen LogP contribution in [0.1, 0.15) is 15.9 Å². The molecule has 0 aromatic heterocycles. The number of carbonyl (C=O) groups is 1. The van der Waals surface area contributed by atoms with E-state index in [1.807, 2.05) is 24.5 Å². The molecule has 2 aromatic carbocycles. The fourth-order valence-corrected chi connectivity index (χ4v) is 2.60. The molecule has 0 fully saturated rings. The summed E-state index contributed by atoms with van der Waals surface area (Å²) in [6.07, 6.45) is 1.97. The molecule has 0 aliphatic heterocycles. The molecule has 0 amide bonds. The minimum Gasteiger partial charge on any atom is -0.289 e. The molecular weight excluding hydrogens is 235 g/mol. The summed E-state index contributed by atoms with van der Waals surface area (Å²) in [5.74, 6) is -0.444. The van der Waals surface area contributed by atoms with E-state index in [0.29, 0.717) is 11.1 Å². The molecule has 0 atom stereocenters. The van der Waals surface area contributed by atoms with E-state index in [-0.39, 0.29) is 11.6 Å². The van der Waals surface area contributed by atoms with Gasteiger partial charge >= 0.3 is 0 Å². The number of fused-ring (bicyclic) bond motifs is 3. The molecule has 0 spiro atoms. The van der Waals surface area contributed by atoms with Crippen LogP contribution in [0.2, 0.25) is 0 Å². The molecule has 1 nitrogen and oxygen atoms in total. The van der Waals surface area contributed by atoms with Crippen LogP contribution < -0.4 is 0 Å². The number of ketones is 1. The number of hydrogen-bond acceptors (Lipinski definition) is 2. The van der Waals surface area contributed by atoms with Gasteiger partial charge in [-0.2, -0.15) is 0 Å². The summed E-state index contributed by atoms with van der Waals surface area (Å²) in [7, 11) is 0. The molecule has 3 heteroatoms. The minimum atomic E-state index is -0.366. The van der Waals surface area contributed by atoms with E-state index >= 15 is 0 Å². The van der Waals surface area contributed by atoms with Crippen molar-refractivity contribution >= 4 is 17.5 Å². The molecule has 0 saturated carbocycles. The predicted octanol–water partition coefficient (Wildman–Crippen LogP) is 3.76. The van der Waals surface area contributed by atoms with Crippen LogP contribution in [-0.2, 0) is 0 Å². The third kappa shape index (κ3) is 1.50. The Balaban J connectivity index is 2.27. The summed E-state index contributed by atoms with van der Waals surface area (Å²) < 4.78 is 13.1. The predicted molar refractivity (Wildman–Crippen MR) is 67.0 cm³/mol. The molecule has 3 rings (SSSR count). The van der Waals surface area contributed by atoms with Crippen molar-refractivity contribution < 1.29 is 9.18 Å². The Morgan fingerprint density at radius 2 is 1.59 bits per heavy atom. The summed E-state index contributed by atoms with van der Waals surface area (Å²) in [6, 6.07) is 10.2. The Labute approximate surface area is 103 Å². The van der Waals surface area contributed by atoms with Crippen molar-refractivity contribution in [1.29, 1.82) is 0 Å². The highest BCUT2D eigenvalue weighted by Gasteiger charge is 2.26. The van der Waals surface area contributed by atoms with Gasteiger partial charge in [-0.25, -0.2) is 4.39 Å². The summed E-state index contributed by atoms with van der Waals surface area (Å²) in [4.78, 5) is 13.2. The van der Waals surface area contributed by atoms with Crippen molar-refractivity contribution in [3.05, 3.63) is 53.3 Å². The standard InChI is InChI=1S/C14H9FOS/c1-17-9-3-5-11-10-4-2-8(15)6-12(10)14(16)13(11)7-9/h2-7H,1H3. The van der Waals surface area contributed by atoms with Crippen LogP contribution in [0.3, 0.4) is 0 Å². The van der Waals surface area contributed by atoms with Crippen LogP contribution in [0.5, 0.6) is 0 Å². The lowest BCUT2D eigenvalue weighted by atomic mass is 10.1. The van der Waals surface area contributed by atoms with Crippen LogP contribution in [0.25, 0.3) is 11.1 Å². The number of carbonyl (C=O) groups excluding carboxylic acids is 1. The number of rotatable bonds is 1. The number of thioether (sulfide) groups is 1. The topological polar surface area (TPSA) is 17.1 Å². The summed E-state index contributed by atoms with van der Waals surface area (Å²) >= 11 is 1.59. The van der Waals surface area contributed by atoms with Gasteiger partial charge in [0.25, 0.3) is 0 Å². The van der Waals surface area contributed by atoms with Gasteiger partial charge in [-0.3, -0.25) is 4.79 Å². The molecule has 0 saturated heterocycles. The first-order chi connectivity index (χ1) is 8.20. The maximum atomic E-state index is 13.1. The molecule has 0 radical (unpaired) electrons. The van der Waals surface area contributed by atoms with Crippen LogP contribution in [0.15, 0.2) is 41.3 Å². The van der Waals surface area contributed by atoms with Gasteiger partial charge in [0.1, 0.15) is 5.82 Å². The van der Waals surface area contributed by atoms with Crippen LogP contribution >= 0.6 is 11.8 Å². The van der Waals surface area contributed by atoms with E-state index in [1.54, 1.807) is 17.8 Å². The molecule has 2 aromatic rings. The Bertz CT molecular complexity index is 634. The quantitative estimate of drug-likeness (QED) is 0.606. The second-order valence-corrected chi connectivity index (χ2v) is 4.81. The molecule has 0 unspecified atom stereocenters. The van der Waals surface area contributed by atoms with Gasteiger partial charge in [-0.15, -0.1) is 11.8 Å². The van der Waals surface area contributed by atoms with Crippen molar-refractivity contribution in [2.75, 3.05) is 6.26 Å². The molecule has 1 aliphatic rings. The van der Waals surface area contributed by atoms with Crippen LogP contribution in [0, 0.1) is 5.82 Å². The maximum absolute atomic E-state index is 13.1. The highest BCUT2D eigenvalue weighted by molar-refractivity contribution is 7.98. The van der Waals surface area contributed by atoms with Gasteiger partial charge in [0, 0.05) is 16.0 Å². The smallest absolute Gasteiger partial charge is 0.194 e. The zero-order chi connectivity index (χ0) is 12.0. The minimum absolute atomic E-state index is 0.0783. The van der Waals surface area contributed by atoms with E-state index < -0.39 is 0 Å². The highest BCUT2D eigenvalue weighted by Crippen LogP contribution is 2.38. The third-order valence-electron chi connectivity index (χ3n) is 2.99. The molecule has 0 bridgehead atoms. The summed E-state index contributed by atoms with van der Waals surface area (Å²) in [6.45, 7) is 0. The molecule has 0 N–H and O–H groups in total. The number of benzene rings is 2. The lowest BCUT2D eigenvalue weighted by Crippen LogP contribution is -1.95. The van der Waals surface area contributed by atoms with Gasteiger partial charge in [-0.1, -0.05) is 12.1 Å². The summed E-state index contributed by atoms with van der Waals surface area (Å²) in [5.41, 5.74) is 2.89. The SMILES string of the molecule is CSc1ccc2c(c1)C(=O)c1cc(F)ccc1-2. The number of halogens is 1. The molecule has 17 heavy (non-hydrogen) atoms. The largest absolute Gasteiger partial charge is 0.289 e. The van der Waals surface area contributed by atoms with E-state index in [9.17, 15) is 9.18 Å². The van der Waals surface area contributed by atoms with Gasteiger partial charge < -0.3 is 0 Å². The zero-order valence-electron chi connectivity index (χ0n) is 9.16. The molecule has 1 aliphatic carbocycles. The first-order valence-electron chi connectivity index (χ1n) is 5.23. The van der Waals surface area contributed by atoms with Crippen molar-refractivity contribution in [2.45, 2.75) is 4.90 Å². The van der Waals surface area contributed by atoms with Crippen LogP contribution in [0.4, 0.5) is 4.39 Å². The Morgan fingerprint density at radius 1 is 0.941 bits per heavy atom. The Morgan fingerprint density at radius 3 is 2.29 bits per heavy atom. The van der Waals surface area contributed by atoms with Crippen LogP contribution in [-0.4, -0.2) is 12.0 Å². The van der Waals surface area contributed by atoms with E-state index in [0.717, 1.165) is 16.0 Å². The van der Waals surface area contributed by atoms with Gasteiger partial charge in [0.2, 0.25) is 0 Å². The van der Waals surface area contributed by atoms with Crippen molar-refractivity contribution in [3.63, 3.8) is 0 Å². The third-order valence-corrected chi connectivity index (χ3v) is 3.71. The normalized spacial score (nSPS) is 12.5. The molecular formula is C14H9FOS. The molecule has 84 valence electrons. The lowest BCUT2D eigenvalue weighted by molar-refractivity contribution is 0.104. The maximum Gasteiger partial charge on any atom is 0.194 e. The number of hydrogen-bond donors (Lipinski definition) is 0. The monoisotopic (exact) mass is 244 g/mol. The van der Waals surface area contributed by atoms with E-state index in [2.05, 4.69) is 0 Å². The zero-order valence-corrected chi connectivity index (χ0v) is 9.98. The second kappa shape index (κ2) is 3.70. The lowest BCUT2D eigenvalue weighted by Gasteiger charge is -2.01. The fraction of sp³-hybridized carbons (Fsp3) is 0.0714. The fourth-order valence-electron chi connectivity index (χ4n) is 2.16. The molecule has 0 heterocycles.